The Hall–Kier alpha value is -3.51. The third-order valence-corrected chi connectivity index (χ3v) is 11.3. The summed E-state index contributed by atoms with van der Waals surface area (Å²) in [5.41, 5.74) is 1.00. The van der Waals surface area contributed by atoms with Gasteiger partial charge in [-0.05, 0) is 99.2 Å². The van der Waals surface area contributed by atoms with Gasteiger partial charge in [-0.15, -0.1) is 0 Å². The Bertz CT molecular complexity index is 1520. The van der Waals surface area contributed by atoms with Gasteiger partial charge in [0, 0.05) is 57.9 Å². The Labute approximate surface area is 290 Å². The number of halogens is 4. The summed E-state index contributed by atoms with van der Waals surface area (Å²) in [6.45, 7) is 4.55. The van der Waals surface area contributed by atoms with Gasteiger partial charge in [-0.2, -0.15) is 13.2 Å². The van der Waals surface area contributed by atoms with Crippen LogP contribution in [0, 0.1) is 17.8 Å². The molecule has 4 aliphatic heterocycles. The number of urea groups is 1. The highest BCUT2D eigenvalue weighted by molar-refractivity contribution is 6.33. The van der Waals surface area contributed by atoms with Crippen molar-refractivity contribution in [1.82, 2.24) is 20.0 Å². The molecular formula is C36H46ClF3N6O3. The number of nitrogens with zero attached hydrogens (tertiary/aromatic N) is 3. The molecule has 0 spiro atoms. The van der Waals surface area contributed by atoms with Gasteiger partial charge in [0.25, 0.3) is 0 Å². The summed E-state index contributed by atoms with van der Waals surface area (Å²) in [7, 11) is 1.38. The number of likely N-dealkylation sites (tertiary alicyclic amines) is 2. The van der Waals surface area contributed by atoms with E-state index < -0.39 is 17.7 Å². The maximum Gasteiger partial charge on any atom is 0.418 e. The molecule has 13 heteroatoms. The molecule has 1 atom stereocenters. The van der Waals surface area contributed by atoms with Crippen molar-refractivity contribution in [2.75, 3.05) is 56.9 Å². The molecule has 0 aliphatic carbocycles. The number of carbonyl (C=O) groups is 3. The van der Waals surface area contributed by atoms with Crippen LogP contribution in [0.5, 0.6) is 0 Å². The van der Waals surface area contributed by atoms with Crippen LogP contribution >= 0.6 is 11.6 Å². The van der Waals surface area contributed by atoms with Gasteiger partial charge in [-0.3, -0.25) is 9.59 Å². The number of hydrogen-bond donors (Lipinski definition) is 3. The average molecular weight is 703 g/mol. The minimum atomic E-state index is -4.65. The number of nitrogens with one attached hydrogen (secondary N) is 3. The molecule has 4 heterocycles. The van der Waals surface area contributed by atoms with E-state index in [4.69, 9.17) is 11.6 Å². The molecule has 0 bridgehead atoms. The highest BCUT2D eigenvalue weighted by Crippen LogP contribution is 2.40. The summed E-state index contributed by atoms with van der Waals surface area (Å²) in [5, 5.41) is 8.83. The molecule has 49 heavy (non-hydrogen) atoms. The second-order valence-electron chi connectivity index (χ2n) is 13.9. The van der Waals surface area contributed by atoms with Crippen molar-refractivity contribution < 1.29 is 27.6 Å². The normalized spacial score (nSPS) is 20.5. The molecule has 4 amide bonds. The molecule has 2 aromatic carbocycles. The van der Waals surface area contributed by atoms with Crippen LogP contribution in [0.4, 0.5) is 29.3 Å². The molecule has 266 valence electrons. The van der Waals surface area contributed by atoms with Gasteiger partial charge in [-0.25, -0.2) is 4.79 Å². The Kier molecular flexibility index (Phi) is 10.9. The van der Waals surface area contributed by atoms with Crippen molar-refractivity contribution in [3.8, 4) is 0 Å². The molecule has 6 rings (SSSR count). The highest BCUT2D eigenvalue weighted by atomic mass is 35.5. The second kappa shape index (κ2) is 15.2. The van der Waals surface area contributed by atoms with Gasteiger partial charge in [0.2, 0.25) is 11.8 Å². The molecule has 3 fully saturated rings. The summed E-state index contributed by atoms with van der Waals surface area (Å²) < 4.78 is 42.1. The largest absolute Gasteiger partial charge is 0.418 e. The van der Waals surface area contributed by atoms with E-state index >= 15 is 0 Å². The van der Waals surface area contributed by atoms with Crippen molar-refractivity contribution in [2.24, 2.45) is 17.8 Å². The molecule has 0 unspecified atom stereocenters. The number of amides is 4. The molecule has 3 saturated heterocycles. The van der Waals surface area contributed by atoms with Gasteiger partial charge in [0.05, 0.1) is 22.2 Å². The molecule has 4 aliphatic rings. The number of benzene rings is 2. The molecule has 9 nitrogen and oxygen atoms in total. The first-order chi connectivity index (χ1) is 23.5. The van der Waals surface area contributed by atoms with Crippen LogP contribution in [0.3, 0.4) is 0 Å². The number of hydrogen-bond acceptors (Lipinski definition) is 5. The van der Waals surface area contributed by atoms with Crippen molar-refractivity contribution in [1.29, 1.82) is 0 Å². The Morgan fingerprint density at radius 3 is 2.29 bits per heavy atom. The monoisotopic (exact) mass is 702 g/mol. The molecular weight excluding hydrogens is 657 g/mol. The second-order valence-corrected chi connectivity index (χ2v) is 14.3. The van der Waals surface area contributed by atoms with E-state index in [0.29, 0.717) is 57.4 Å². The number of alkyl halides is 3. The first-order valence-corrected chi connectivity index (χ1v) is 17.9. The molecule has 0 aromatic heterocycles. The predicted octanol–water partition coefficient (Wildman–Crippen LogP) is 6.23. The lowest BCUT2D eigenvalue weighted by Crippen LogP contribution is -2.51. The van der Waals surface area contributed by atoms with Crippen LogP contribution < -0.4 is 16.0 Å². The topological polar surface area (TPSA) is 97.0 Å². The standard InChI is InChI=1S/C36H46ClF3N6O3/c1-41-33-29(36(38,39)40)19-23(20-30(33)37)18-27(34(48)45-14-8-25(9-15-45)24-6-12-42-13-7-24)21-32(47)44-16-10-28(11-17-44)46-22-26-4-2-3-5-31(26)43-35(46)49/h2-5,19-20,24-25,27-28,41-42H,6-18,21-22H2,1H3,(H,43,49)/t27-/m0/s1. The zero-order valence-corrected chi connectivity index (χ0v) is 28.7. The molecule has 3 N–H and O–H groups in total. The fraction of sp³-hybridized carbons (Fsp3) is 0.583. The van der Waals surface area contributed by atoms with Crippen LogP contribution in [0.15, 0.2) is 36.4 Å². The van der Waals surface area contributed by atoms with Crippen molar-refractivity contribution in [3.05, 3.63) is 58.1 Å². The number of fused-ring (bicyclic) bond motifs is 1. The Morgan fingerprint density at radius 1 is 0.959 bits per heavy atom. The number of rotatable bonds is 8. The number of carbonyl (C=O) groups excluding carboxylic acids is 3. The first kappa shape index (κ1) is 35.3. The van der Waals surface area contributed by atoms with Crippen LogP contribution in [0.2, 0.25) is 5.02 Å². The SMILES string of the molecule is CNc1c(Cl)cc(C[C@@H](CC(=O)N2CCC(N3Cc4ccccc4NC3=O)CC2)C(=O)N2CCC(C3CCNCC3)CC2)cc1C(F)(F)F. The molecule has 0 saturated carbocycles. The number of para-hydroxylation sites is 1. The highest BCUT2D eigenvalue weighted by Gasteiger charge is 2.38. The zero-order valence-electron chi connectivity index (χ0n) is 28.0. The third kappa shape index (κ3) is 8.11. The zero-order chi connectivity index (χ0) is 34.7. The van der Waals surface area contributed by atoms with Crippen LogP contribution in [-0.2, 0) is 28.7 Å². The van der Waals surface area contributed by atoms with Gasteiger partial charge in [0.1, 0.15) is 0 Å². The maximum atomic E-state index is 14.1. The maximum absolute atomic E-state index is 14.1. The first-order valence-electron chi connectivity index (χ1n) is 17.5. The molecule has 2 aromatic rings. The number of piperidine rings is 3. The van der Waals surface area contributed by atoms with E-state index in [1.807, 2.05) is 34.1 Å². The van der Waals surface area contributed by atoms with Gasteiger partial charge in [0.15, 0.2) is 0 Å². The summed E-state index contributed by atoms with van der Waals surface area (Å²) in [6, 6.07) is 10.0. The van der Waals surface area contributed by atoms with Crippen molar-refractivity contribution in [3.63, 3.8) is 0 Å². The van der Waals surface area contributed by atoms with E-state index in [0.717, 1.165) is 56.1 Å². The van der Waals surface area contributed by atoms with E-state index in [2.05, 4.69) is 16.0 Å². The van der Waals surface area contributed by atoms with E-state index in [1.54, 1.807) is 4.90 Å². The minimum Gasteiger partial charge on any atom is -0.386 e. The Morgan fingerprint density at radius 2 is 1.61 bits per heavy atom. The average Bonchev–Trinajstić information content (AvgIpc) is 3.10. The fourth-order valence-corrected chi connectivity index (χ4v) is 8.58. The minimum absolute atomic E-state index is 0.0323. The van der Waals surface area contributed by atoms with Crippen LogP contribution in [0.1, 0.15) is 61.6 Å². The van der Waals surface area contributed by atoms with Crippen LogP contribution in [0.25, 0.3) is 0 Å². The van der Waals surface area contributed by atoms with Gasteiger partial charge in [-0.1, -0.05) is 29.8 Å². The smallest absolute Gasteiger partial charge is 0.386 e. The van der Waals surface area contributed by atoms with Crippen molar-refractivity contribution >= 4 is 40.8 Å². The predicted molar refractivity (Wildman–Crippen MR) is 183 cm³/mol. The van der Waals surface area contributed by atoms with E-state index in [9.17, 15) is 27.6 Å². The summed E-state index contributed by atoms with van der Waals surface area (Å²) >= 11 is 6.32. The number of anilines is 2. The Balaban J connectivity index is 1.14. The lowest BCUT2D eigenvalue weighted by atomic mass is 9.79. The summed E-state index contributed by atoms with van der Waals surface area (Å²) in [5.74, 6) is -0.0483. The van der Waals surface area contributed by atoms with Gasteiger partial charge < -0.3 is 30.7 Å². The van der Waals surface area contributed by atoms with E-state index in [-0.39, 0.29) is 53.0 Å². The lowest BCUT2D eigenvalue weighted by Gasteiger charge is -2.41. The fourth-order valence-electron chi connectivity index (χ4n) is 8.24. The van der Waals surface area contributed by atoms with Crippen molar-refractivity contribution in [2.45, 2.75) is 70.1 Å². The molecule has 0 radical (unpaired) electrons. The summed E-state index contributed by atoms with van der Waals surface area (Å²) in [4.78, 5) is 46.1. The van der Waals surface area contributed by atoms with E-state index in [1.165, 1.54) is 13.1 Å². The summed E-state index contributed by atoms with van der Waals surface area (Å²) in [6.07, 6.45) is 0.444. The van der Waals surface area contributed by atoms with Crippen LogP contribution in [-0.4, -0.2) is 84.9 Å². The quantitative estimate of drug-likeness (QED) is 0.304. The third-order valence-electron chi connectivity index (χ3n) is 11.0. The lowest BCUT2D eigenvalue weighted by molar-refractivity contribution is -0.143. The van der Waals surface area contributed by atoms with Gasteiger partial charge >= 0.3 is 12.2 Å².